The summed E-state index contributed by atoms with van der Waals surface area (Å²) in [6.07, 6.45) is 4.19. The second-order valence-corrected chi connectivity index (χ2v) is 10.1. The first-order chi connectivity index (χ1) is 17.7. The first-order valence-corrected chi connectivity index (χ1v) is 12.7. The van der Waals surface area contributed by atoms with E-state index in [0.29, 0.717) is 24.3 Å². The summed E-state index contributed by atoms with van der Waals surface area (Å²) in [5.74, 6) is -2.44. The number of aliphatic hydroxyl groups is 1. The van der Waals surface area contributed by atoms with Crippen LogP contribution in [0.15, 0.2) is 49.6 Å². The number of ether oxygens (including phenoxy) is 3. The Balaban J connectivity index is 1.76. The monoisotopic (exact) mass is 512 g/mol. The molecule has 200 valence electrons. The summed E-state index contributed by atoms with van der Waals surface area (Å²) in [6.45, 7) is 11.2. The summed E-state index contributed by atoms with van der Waals surface area (Å²) in [5.41, 5.74) is -1.57. The first kappa shape index (κ1) is 26.9. The standard InChI is InChI=1S/C28H36N2O7/c1-6-8-16-36-26(34)22-21-24(32)30(14-15-31)23(28(21)17-18(3)27(22,4)37-28)25(33)29(13-7-2)19-9-11-20(35-5)12-10-19/h6-7,9-12,18,21-23,31H,1-2,8,13-17H2,3-5H3/t18?,21-,22+,23?,27-,28?/m0/s1. The third kappa shape index (κ3) is 4.14. The number of benzene rings is 1. The number of β-amino-alcohol motifs (C(OH)–C–C–N with tert-alkyl or cyclic N) is 1. The molecular weight excluding hydrogens is 476 g/mol. The van der Waals surface area contributed by atoms with Crippen LogP contribution >= 0.6 is 0 Å². The lowest BCUT2D eigenvalue weighted by atomic mass is 9.62. The van der Waals surface area contributed by atoms with Gasteiger partial charge in [-0.15, -0.1) is 13.2 Å². The van der Waals surface area contributed by atoms with Gasteiger partial charge in [0, 0.05) is 18.8 Å². The molecule has 9 heteroatoms. The Morgan fingerprint density at radius 1 is 1.27 bits per heavy atom. The summed E-state index contributed by atoms with van der Waals surface area (Å²) in [4.78, 5) is 44.4. The van der Waals surface area contributed by atoms with Gasteiger partial charge in [0.2, 0.25) is 5.91 Å². The van der Waals surface area contributed by atoms with Gasteiger partial charge in [-0.3, -0.25) is 14.4 Å². The van der Waals surface area contributed by atoms with Crippen molar-refractivity contribution in [2.45, 2.75) is 43.9 Å². The molecule has 6 atom stereocenters. The maximum Gasteiger partial charge on any atom is 0.312 e. The van der Waals surface area contributed by atoms with Gasteiger partial charge >= 0.3 is 5.97 Å². The number of carbonyl (C=O) groups excluding carboxylic acids is 3. The van der Waals surface area contributed by atoms with E-state index >= 15 is 0 Å². The van der Waals surface area contributed by atoms with Crippen LogP contribution in [0.2, 0.25) is 0 Å². The fourth-order valence-corrected chi connectivity index (χ4v) is 6.42. The molecule has 3 aliphatic rings. The molecule has 3 aliphatic heterocycles. The van der Waals surface area contributed by atoms with E-state index in [0.717, 1.165) is 0 Å². The van der Waals surface area contributed by atoms with Crippen LogP contribution in [-0.2, 0) is 23.9 Å². The fraction of sp³-hybridized carbons (Fsp3) is 0.536. The van der Waals surface area contributed by atoms with Gasteiger partial charge in [0.15, 0.2) is 0 Å². The number of nitrogens with zero attached hydrogens (tertiary/aromatic N) is 2. The number of fused-ring (bicyclic) bond motifs is 1. The average Bonchev–Trinajstić information content (AvgIpc) is 3.39. The molecule has 1 N–H and O–H groups in total. The highest BCUT2D eigenvalue weighted by Gasteiger charge is 2.80. The van der Waals surface area contributed by atoms with E-state index < -0.39 is 35.0 Å². The van der Waals surface area contributed by atoms with Crippen molar-refractivity contribution in [3.05, 3.63) is 49.6 Å². The van der Waals surface area contributed by atoms with Gasteiger partial charge in [0.1, 0.15) is 23.3 Å². The van der Waals surface area contributed by atoms with Crippen molar-refractivity contribution >= 4 is 23.5 Å². The Hall–Kier alpha value is -3.17. The van der Waals surface area contributed by atoms with Crippen LogP contribution in [0.1, 0.15) is 26.7 Å². The largest absolute Gasteiger partial charge is 0.497 e. The van der Waals surface area contributed by atoms with Gasteiger partial charge in [-0.25, -0.2) is 0 Å². The van der Waals surface area contributed by atoms with E-state index in [9.17, 15) is 19.5 Å². The molecule has 37 heavy (non-hydrogen) atoms. The number of anilines is 1. The summed E-state index contributed by atoms with van der Waals surface area (Å²) in [7, 11) is 1.56. The molecule has 2 amide bonds. The minimum atomic E-state index is -1.22. The van der Waals surface area contributed by atoms with Crippen LogP contribution in [0.4, 0.5) is 5.69 Å². The molecule has 1 spiro atoms. The van der Waals surface area contributed by atoms with Gasteiger partial charge in [0.25, 0.3) is 5.91 Å². The highest BCUT2D eigenvalue weighted by atomic mass is 16.6. The number of rotatable bonds is 11. The molecule has 4 rings (SSSR count). The molecule has 1 aromatic rings. The smallest absolute Gasteiger partial charge is 0.312 e. The highest BCUT2D eigenvalue weighted by molar-refractivity contribution is 6.04. The SMILES string of the molecule is C=CCCOC(=O)[C@H]1[C@H]2C(=O)N(CCO)C(C(=O)N(CC=C)c3ccc(OC)cc3)C23CC(C)[C@]1(C)O3. The minimum absolute atomic E-state index is 0.0509. The van der Waals surface area contributed by atoms with Crippen molar-refractivity contribution in [1.82, 2.24) is 4.90 Å². The number of carbonyl (C=O) groups is 3. The van der Waals surface area contributed by atoms with E-state index in [1.165, 1.54) is 4.90 Å². The van der Waals surface area contributed by atoms with Crippen LogP contribution in [0.3, 0.4) is 0 Å². The topological polar surface area (TPSA) is 106 Å². The molecule has 0 aliphatic carbocycles. The Morgan fingerprint density at radius 2 is 1.97 bits per heavy atom. The van der Waals surface area contributed by atoms with Gasteiger partial charge in [-0.1, -0.05) is 19.1 Å². The molecule has 9 nitrogen and oxygen atoms in total. The molecular formula is C28H36N2O7. The zero-order chi connectivity index (χ0) is 27.0. The van der Waals surface area contributed by atoms with Gasteiger partial charge in [-0.05, 0) is 49.9 Å². The van der Waals surface area contributed by atoms with Crippen molar-refractivity contribution < 1.29 is 33.7 Å². The van der Waals surface area contributed by atoms with Gasteiger partial charge in [0.05, 0.1) is 31.8 Å². The summed E-state index contributed by atoms with van der Waals surface area (Å²) in [6, 6.07) is 6.01. The Bertz CT molecular complexity index is 1070. The van der Waals surface area contributed by atoms with E-state index in [2.05, 4.69) is 13.2 Å². The quantitative estimate of drug-likeness (QED) is 0.276. The summed E-state index contributed by atoms with van der Waals surface area (Å²) < 4.78 is 17.4. The van der Waals surface area contributed by atoms with Crippen LogP contribution in [-0.4, -0.2) is 78.4 Å². The van der Waals surface area contributed by atoms with Crippen LogP contribution in [0.25, 0.3) is 0 Å². The minimum Gasteiger partial charge on any atom is -0.497 e. The number of aliphatic hydroxyl groups excluding tert-OH is 1. The molecule has 0 saturated carbocycles. The lowest BCUT2D eigenvalue weighted by Gasteiger charge is -2.37. The molecule has 2 bridgehead atoms. The fourth-order valence-electron chi connectivity index (χ4n) is 6.42. The second-order valence-electron chi connectivity index (χ2n) is 10.1. The lowest BCUT2D eigenvalue weighted by molar-refractivity contribution is -0.161. The number of esters is 1. The van der Waals surface area contributed by atoms with Crippen molar-refractivity contribution in [3.63, 3.8) is 0 Å². The highest BCUT2D eigenvalue weighted by Crippen LogP contribution is 2.65. The third-order valence-electron chi connectivity index (χ3n) is 8.17. The number of amides is 2. The summed E-state index contributed by atoms with van der Waals surface area (Å²) in [5, 5.41) is 9.82. The molecule has 3 saturated heterocycles. The molecule has 0 radical (unpaired) electrons. The van der Waals surface area contributed by atoms with E-state index in [4.69, 9.17) is 14.2 Å². The molecule has 3 fully saturated rings. The average molecular weight is 513 g/mol. The van der Waals surface area contributed by atoms with Crippen molar-refractivity contribution in [2.24, 2.45) is 17.8 Å². The third-order valence-corrected chi connectivity index (χ3v) is 8.17. The zero-order valence-corrected chi connectivity index (χ0v) is 21.7. The predicted molar refractivity (Wildman–Crippen MR) is 137 cm³/mol. The van der Waals surface area contributed by atoms with Gasteiger partial charge in [-0.2, -0.15) is 0 Å². The Morgan fingerprint density at radius 3 is 2.57 bits per heavy atom. The van der Waals surface area contributed by atoms with Crippen LogP contribution in [0, 0.1) is 17.8 Å². The molecule has 3 unspecified atom stereocenters. The molecule has 3 heterocycles. The van der Waals surface area contributed by atoms with Crippen molar-refractivity contribution in [3.8, 4) is 5.75 Å². The van der Waals surface area contributed by atoms with E-state index in [1.807, 2.05) is 13.8 Å². The van der Waals surface area contributed by atoms with Crippen LogP contribution < -0.4 is 9.64 Å². The second kappa shape index (κ2) is 10.3. The number of likely N-dealkylation sites (tertiary alicyclic amines) is 1. The van der Waals surface area contributed by atoms with Crippen LogP contribution in [0.5, 0.6) is 5.75 Å². The lowest BCUT2D eigenvalue weighted by Crippen LogP contribution is -2.57. The maximum atomic E-state index is 14.3. The van der Waals surface area contributed by atoms with E-state index in [-0.39, 0.29) is 44.0 Å². The van der Waals surface area contributed by atoms with Crippen molar-refractivity contribution in [1.29, 1.82) is 0 Å². The number of hydrogen-bond acceptors (Lipinski definition) is 7. The normalized spacial score (nSPS) is 31.7. The number of hydrogen-bond donors (Lipinski definition) is 1. The Kier molecular flexibility index (Phi) is 7.48. The first-order valence-electron chi connectivity index (χ1n) is 12.7. The predicted octanol–water partition coefficient (Wildman–Crippen LogP) is 2.34. The molecule has 1 aromatic carbocycles. The molecule has 0 aromatic heterocycles. The Labute approximate surface area is 217 Å². The van der Waals surface area contributed by atoms with Gasteiger partial charge < -0.3 is 29.1 Å². The zero-order valence-electron chi connectivity index (χ0n) is 21.7. The van der Waals surface area contributed by atoms with Crippen molar-refractivity contribution in [2.75, 3.05) is 38.3 Å². The maximum absolute atomic E-state index is 14.3. The summed E-state index contributed by atoms with van der Waals surface area (Å²) >= 11 is 0. The number of methoxy groups -OCH3 is 1. The van der Waals surface area contributed by atoms with E-state index in [1.54, 1.807) is 48.4 Å².